The van der Waals surface area contributed by atoms with Crippen molar-refractivity contribution in [2.75, 3.05) is 6.54 Å². The third-order valence-corrected chi connectivity index (χ3v) is 3.28. The van der Waals surface area contributed by atoms with Crippen molar-refractivity contribution in [2.24, 2.45) is 5.84 Å². The second kappa shape index (κ2) is 10.1. The molecule has 0 saturated heterocycles. The van der Waals surface area contributed by atoms with E-state index in [-0.39, 0.29) is 0 Å². The molecule has 0 unspecified atom stereocenters. The molecule has 2 N–H and O–H groups in total. The Kier molecular flexibility index (Phi) is 8.53. The maximum Gasteiger partial charge on any atom is 0.0379 e. The van der Waals surface area contributed by atoms with E-state index < -0.39 is 0 Å². The first kappa shape index (κ1) is 15.2. The first-order valence-corrected chi connectivity index (χ1v) is 7.36. The van der Waals surface area contributed by atoms with Crippen molar-refractivity contribution in [3.05, 3.63) is 35.9 Å². The summed E-state index contributed by atoms with van der Waals surface area (Å²) >= 11 is 0. The summed E-state index contributed by atoms with van der Waals surface area (Å²) in [5, 5.41) is 1.93. The standard InChI is InChI=1S/C16H28N2/c1-2-3-4-5-6-7-11-14-18(17)15-16-12-9-8-10-13-16/h8-10,12-13H,2-7,11,14-15,17H2,1H3. The summed E-state index contributed by atoms with van der Waals surface area (Å²) in [4.78, 5) is 0. The zero-order valence-electron chi connectivity index (χ0n) is 11.8. The second-order valence-corrected chi connectivity index (χ2v) is 5.08. The third-order valence-electron chi connectivity index (χ3n) is 3.28. The van der Waals surface area contributed by atoms with E-state index >= 15 is 0 Å². The molecule has 0 fully saturated rings. The van der Waals surface area contributed by atoms with Crippen molar-refractivity contribution < 1.29 is 0 Å². The molecule has 1 aromatic carbocycles. The monoisotopic (exact) mass is 248 g/mol. The van der Waals surface area contributed by atoms with Crippen LogP contribution in [-0.4, -0.2) is 11.6 Å². The zero-order valence-corrected chi connectivity index (χ0v) is 11.8. The molecule has 0 saturated carbocycles. The van der Waals surface area contributed by atoms with Crippen molar-refractivity contribution in [1.82, 2.24) is 5.01 Å². The van der Waals surface area contributed by atoms with Crippen LogP contribution in [-0.2, 0) is 6.54 Å². The molecule has 18 heavy (non-hydrogen) atoms. The Labute approximate surface area is 112 Å². The molecule has 0 aliphatic rings. The average Bonchev–Trinajstić information content (AvgIpc) is 2.39. The van der Waals surface area contributed by atoms with Crippen LogP contribution in [0.5, 0.6) is 0 Å². The Bertz CT molecular complexity index is 284. The molecule has 0 aliphatic heterocycles. The van der Waals surface area contributed by atoms with Crippen LogP contribution >= 0.6 is 0 Å². The van der Waals surface area contributed by atoms with E-state index in [1.54, 1.807) is 0 Å². The Hall–Kier alpha value is -0.860. The molecular formula is C16H28N2. The zero-order chi connectivity index (χ0) is 13.1. The molecule has 0 atom stereocenters. The van der Waals surface area contributed by atoms with Gasteiger partial charge in [0, 0.05) is 13.1 Å². The lowest BCUT2D eigenvalue weighted by molar-refractivity contribution is 0.267. The first-order chi connectivity index (χ1) is 8.83. The summed E-state index contributed by atoms with van der Waals surface area (Å²) in [6.07, 6.45) is 9.38. The fourth-order valence-electron chi connectivity index (χ4n) is 2.17. The van der Waals surface area contributed by atoms with Gasteiger partial charge in [0.15, 0.2) is 0 Å². The summed E-state index contributed by atoms with van der Waals surface area (Å²) in [7, 11) is 0. The van der Waals surface area contributed by atoms with Crippen molar-refractivity contribution in [3.8, 4) is 0 Å². The van der Waals surface area contributed by atoms with E-state index in [9.17, 15) is 0 Å². The van der Waals surface area contributed by atoms with Crippen LogP contribution in [0.3, 0.4) is 0 Å². The first-order valence-electron chi connectivity index (χ1n) is 7.36. The molecular weight excluding hydrogens is 220 g/mol. The minimum atomic E-state index is 0.858. The smallest absolute Gasteiger partial charge is 0.0379 e. The van der Waals surface area contributed by atoms with Gasteiger partial charge >= 0.3 is 0 Å². The molecule has 0 spiro atoms. The molecule has 0 aromatic heterocycles. The van der Waals surface area contributed by atoms with Gasteiger partial charge in [-0.2, -0.15) is 0 Å². The van der Waals surface area contributed by atoms with Gasteiger partial charge in [0.1, 0.15) is 0 Å². The van der Waals surface area contributed by atoms with Crippen LogP contribution in [0.4, 0.5) is 0 Å². The van der Waals surface area contributed by atoms with E-state index in [1.807, 2.05) is 11.1 Å². The van der Waals surface area contributed by atoms with Crippen LogP contribution in [0.15, 0.2) is 30.3 Å². The van der Waals surface area contributed by atoms with Crippen LogP contribution in [0, 0.1) is 0 Å². The number of hydrazine groups is 1. The Morgan fingerprint density at radius 1 is 0.889 bits per heavy atom. The molecule has 1 rings (SSSR count). The summed E-state index contributed by atoms with van der Waals surface area (Å²) in [5.74, 6) is 6.00. The van der Waals surface area contributed by atoms with Gasteiger partial charge in [0.2, 0.25) is 0 Å². The second-order valence-electron chi connectivity index (χ2n) is 5.08. The Morgan fingerprint density at radius 3 is 2.17 bits per heavy atom. The van der Waals surface area contributed by atoms with Gasteiger partial charge in [-0.15, -0.1) is 0 Å². The van der Waals surface area contributed by atoms with E-state index in [0.29, 0.717) is 0 Å². The lowest BCUT2D eigenvalue weighted by Gasteiger charge is -2.16. The average molecular weight is 248 g/mol. The quantitative estimate of drug-likeness (QED) is 0.383. The number of benzene rings is 1. The summed E-state index contributed by atoms with van der Waals surface area (Å²) in [6.45, 7) is 4.12. The van der Waals surface area contributed by atoms with Gasteiger partial charge in [-0.1, -0.05) is 75.8 Å². The summed E-state index contributed by atoms with van der Waals surface area (Å²) in [6, 6.07) is 10.4. The number of hydrogen-bond acceptors (Lipinski definition) is 2. The molecule has 0 heterocycles. The van der Waals surface area contributed by atoms with Gasteiger partial charge in [-0.25, -0.2) is 5.01 Å². The lowest BCUT2D eigenvalue weighted by atomic mass is 10.1. The number of nitrogens with zero attached hydrogens (tertiary/aromatic N) is 1. The maximum absolute atomic E-state index is 6.00. The van der Waals surface area contributed by atoms with Gasteiger partial charge < -0.3 is 0 Å². The predicted octanol–water partition coefficient (Wildman–Crippen LogP) is 4.11. The molecule has 102 valence electrons. The highest BCUT2D eigenvalue weighted by Gasteiger charge is 2.00. The summed E-state index contributed by atoms with van der Waals surface area (Å²) in [5.41, 5.74) is 1.29. The fraction of sp³-hybridized carbons (Fsp3) is 0.625. The number of nitrogens with two attached hydrogens (primary N) is 1. The fourth-order valence-corrected chi connectivity index (χ4v) is 2.17. The minimum Gasteiger partial charge on any atom is -0.268 e. The van der Waals surface area contributed by atoms with E-state index in [0.717, 1.165) is 13.1 Å². The van der Waals surface area contributed by atoms with Crippen molar-refractivity contribution in [2.45, 2.75) is 58.4 Å². The highest BCUT2D eigenvalue weighted by molar-refractivity contribution is 5.14. The number of rotatable bonds is 10. The normalized spacial score (nSPS) is 11.1. The Morgan fingerprint density at radius 2 is 1.50 bits per heavy atom. The molecule has 0 radical (unpaired) electrons. The van der Waals surface area contributed by atoms with Crippen molar-refractivity contribution in [1.29, 1.82) is 0 Å². The highest BCUT2D eigenvalue weighted by Crippen LogP contribution is 2.08. The van der Waals surface area contributed by atoms with Crippen molar-refractivity contribution >= 4 is 0 Å². The SMILES string of the molecule is CCCCCCCCCN(N)Cc1ccccc1. The molecule has 0 amide bonds. The molecule has 0 aliphatic carbocycles. The number of hydrogen-bond donors (Lipinski definition) is 1. The molecule has 2 heteroatoms. The van der Waals surface area contributed by atoms with E-state index in [1.165, 1.54) is 50.5 Å². The van der Waals surface area contributed by atoms with E-state index in [2.05, 4.69) is 31.2 Å². The van der Waals surface area contributed by atoms with E-state index in [4.69, 9.17) is 5.84 Å². The lowest BCUT2D eigenvalue weighted by Crippen LogP contribution is -2.31. The topological polar surface area (TPSA) is 29.3 Å². The van der Waals surface area contributed by atoms with Crippen LogP contribution in [0.1, 0.15) is 57.4 Å². The third kappa shape index (κ3) is 7.46. The highest BCUT2D eigenvalue weighted by atomic mass is 15.4. The van der Waals surface area contributed by atoms with Gasteiger partial charge in [0.25, 0.3) is 0 Å². The summed E-state index contributed by atoms with van der Waals surface area (Å²) < 4.78 is 0. The molecule has 1 aromatic rings. The number of unbranched alkanes of at least 4 members (excludes halogenated alkanes) is 6. The largest absolute Gasteiger partial charge is 0.268 e. The Balaban J connectivity index is 1.99. The predicted molar refractivity (Wildman–Crippen MR) is 79.0 cm³/mol. The minimum absolute atomic E-state index is 0.858. The van der Waals surface area contributed by atoms with Gasteiger partial charge in [-0.05, 0) is 12.0 Å². The van der Waals surface area contributed by atoms with Crippen LogP contribution in [0.25, 0.3) is 0 Å². The van der Waals surface area contributed by atoms with Gasteiger partial charge in [-0.3, -0.25) is 5.84 Å². The van der Waals surface area contributed by atoms with Crippen molar-refractivity contribution in [3.63, 3.8) is 0 Å². The molecule has 2 nitrogen and oxygen atoms in total. The van der Waals surface area contributed by atoms with Crippen LogP contribution < -0.4 is 5.84 Å². The maximum atomic E-state index is 6.00. The van der Waals surface area contributed by atoms with Gasteiger partial charge in [0.05, 0.1) is 0 Å². The van der Waals surface area contributed by atoms with Crippen LogP contribution in [0.2, 0.25) is 0 Å². The molecule has 0 bridgehead atoms.